The average molecular weight is 553 g/mol. The highest BCUT2D eigenvalue weighted by molar-refractivity contribution is 6.32. The Morgan fingerprint density at radius 1 is 1.02 bits per heavy atom. The SMILES string of the molecule is CCCCCCc1cc(CC)c(O)c2c1C[C@]1(C)C[C@]3(C)C(C(C)C)C(=O)C(C(C)=O)C(=O)[C@]3(O)C(=O)C1C2=O. The number of rotatable bonds is 8. The summed E-state index contributed by atoms with van der Waals surface area (Å²) in [4.78, 5) is 68.6. The zero-order valence-electron chi connectivity index (χ0n) is 25.0. The van der Waals surface area contributed by atoms with Crippen LogP contribution in [0.15, 0.2) is 6.07 Å². The minimum absolute atomic E-state index is 0.0780. The topological polar surface area (TPSA) is 126 Å². The quantitative estimate of drug-likeness (QED) is 0.351. The van der Waals surface area contributed by atoms with Gasteiger partial charge in [-0.05, 0) is 67.1 Å². The molecule has 4 rings (SSSR count). The monoisotopic (exact) mass is 552 g/mol. The van der Waals surface area contributed by atoms with Gasteiger partial charge in [0.25, 0.3) is 0 Å². The van der Waals surface area contributed by atoms with Gasteiger partial charge in [0.05, 0.1) is 11.5 Å². The van der Waals surface area contributed by atoms with Crippen molar-refractivity contribution in [2.75, 3.05) is 0 Å². The van der Waals surface area contributed by atoms with Gasteiger partial charge >= 0.3 is 0 Å². The fourth-order valence-corrected chi connectivity index (χ4v) is 8.57. The van der Waals surface area contributed by atoms with Gasteiger partial charge in [-0.3, -0.25) is 24.0 Å². The summed E-state index contributed by atoms with van der Waals surface area (Å²) in [6.07, 6.45) is 5.80. The third-order valence-electron chi connectivity index (χ3n) is 10.2. The summed E-state index contributed by atoms with van der Waals surface area (Å²) in [5.41, 5.74) is -2.68. The molecule has 1 aromatic rings. The molecule has 2 N–H and O–H groups in total. The average Bonchev–Trinajstić information content (AvgIpc) is 2.84. The molecule has 0 amide bonds. The lowest BCUT2D eigenvalue weighted by Gasteiger charge is -2.62. The first-order chi connectivity index (χ1) is 18.6. The van der Waals surface area contributed by atoms with Crippen LogP contribution in [0.4, 0.5) is 0 Å². The lowest BCUT2D eigenvalue weighted by molar-refractivity contribution is -0.205. The van der Waals surface area contributed by atoms with E-state index in [1.165, 1.54) is 0 Å². The van der Waals surface area contributed by atoms with Crippen molar-refractivity contribution in [1.29, 1.82) is 0 Å². The van der Waals surface area contributed by atoms with Crippen LogP contribution in [0.1, 0.15) is 108 Å². The van der Waals surface area contributed by atoms with Gasteiger partial charge in [0.15, 0.2) is 28.7 Å². The number of Topliss-reactive ketones (excluding diaryl/α,β-unsaturated/α-hetero) is 5. The molecule has 0 heterocycles. The Hall–Kier alpha value is -2.67. The first-order valence-electron chi connectivity index (χ1n) is 14.9. The molecular weight excluding hydrogens is 508 g/mol. The van der Waals surface area contributed by atoms with Crippen LogP contribution in [0.2, 0.25) is 0 Å². The van der Waals surface area contributed by atoms with Crippen molar-refractivity contribution < 1.29 is 34.2 Å². The highest BCUT2D eigenvalue weighted by Crippen LogP contribution is 2.64. The van der Waals surface area contributed by atoms with E-state index in [1.54, 1.807) is 20.8 Å². The minimum Gasteiger partial charge on any atom is -0.507 e. The molecule has 3 unspecified atom stereocenters. The number of aryl methyl sites for hydroxylation is 2. The van der Waals surface area contributed by atoms with E-state index in [0.29, 0.717) is 18.4 Å². The number of hydrogen-bond donors (Lipinski definition) is 2. The first-order valence-corrected chi connectivity index (χ1v) is 14.9. The van der Waals surface area contributed by atoms with Crippen molar-refractivity contribution in [3.63, 3.8) is 0 Å². The third kappa shape index (κ3) is 4.06. The number of phenols is 1. The predicted octanol–water partition coefficient (Wildman–Crippen LogP) is 4.78. The van der Waals surface area contributed by atoms with Crippen LogP contribution in [0.5, 0.6) is 5.75 Å². The molecule has 218 valence electrons. The van der Waals surface area contributed by atoms with Gasteiger partial charge in [0.2, 0.25) is 0 Å². The van der Waals surface area contributed by atoms with E-state index in [9.17, 15) is 34.2 Å². The summed E-state index contributed by atoms with van der Waals surface area (Å²) in [6.45, 7) is 12.2. The van der Waals surface area contributed by atoms with E-state index in [2.05, 4.69) is 6.92 Å². The second-order valence-corrected chi connectivity index (χ2v) is 13.4. The molecule has 0 bridgehead atoms. The molecule has 3 aliphatic rings. The number of carbonyl (C=O) groups is 5. The molecule has 3 aliphatic carbocycles. The summed E-state index contributed by atoms with van der Waals surface area (Å²) in [6, 6.07) is 1.97. The number of aliphatic hydroxyl groups is 1. The Bertz CT molecular complexity index is 1290. The van der Waals surface area contributed by atoms with Gasteiger partial charge in [0.1, 0.15) is 17.5 Å². The van der Waals surface area contributed by atoms with E-state index in [0.717, 1.165) is 50.2 Å². The Morgan fingerprint density at radius 3 is 2.23 bits per heavy atom. The lowest BCUT2D eigenvalue weighted by Crippen LogP contribution is -2.76. The minimum atomic E-state index is -2.66. The highest BCUT2D eigenvalue weighted by atomic mass is 16.3. The molecule has 6 atom stereocenters. The molecule has 0 aliphatic heterocycles. The molecular formula is C33H44O7. The molecule has 0 saturated heterocycles. The van der Waals surface area contributed by atoms with Crippen LogP contribution in [0.3, 0.4) is 0 Å². The largest absolute Gasteiger partial charge is 0.507 e. The summed E-state index contributed by atoms with van der Waals surface area (Å²) >= 11 is 0. The van der Waals surface area contributed by atoms with Gasteiger partial charge in [-0.1, -0.05) is 66.9 Å². The Kier molecular flexibility index (Phi) is 7.81. The van der Waals surface area contributed by atoms with Crippen LogP contribution in [-0.4, -0.2) is 44.7 Å². The molecule has 7 nitrogen and oxygen atoms in total. The molecule has 2 saturated carbocycles. The lowest BCUT2D eigenvalue weighted by atomic mass is 9.39. The predicted molar refractivity (Wildman–Crippen MR) is 150 cm³/mol. The second-order valence-electron chi connectivity index (χ2n) is 13.4. The summed E-state index contributed by atoms with van der Waals surface area (Å²) < 4.78 is 0. The van der Waals surface area contributed by atoms with Crippen molar-refractivity contribution in [2.45, 2.75) is 105 Å². The number of hydrogen-bond acceptors (Lipinski definition) is 7. The zero-order valence-corrected chi connectivity index (χ0v) is 25.0. The normalized spacial score (nSPS) is 33.6. The summed E-state index contributed by atoms with van der Waals surface area (Å²) in [5, 5.41) is 23.3. The van der Waals surface area contributed by atoms with E-state index in [-0.39, 0.29) is 23.7 Å². The molecule has 0 aromatic heterocycles. The molecule has 2 fully saturated rings. The Labute approximate surface area is 237 Å². The summed E-state index contributed by atoms with van der Waals surface area (Å²) in [5.74, 6) is -8.44. The number of benzene rings is 1. The fourth-order valence-electron chi connectivity index (χ4n) is 8.57. The maximum atomic E-state index is 14.4. The van der Waals surface area contributed by atoms with Crippen molar-refractivity contribution in [1.82, 2.24) is 0 Å². The van der Waals surface area contributed by atoms with Crippen molar-refractivity contribution in [2.24, 2.45) is 34.5 Å². The number of carbonyl (C=O) groups excluding carboxylic acids is 5. The van der Waals surface area contributed by atoms with E-state index >= 15 is 0 Å². The number of phenolic OH excluding ortho intramolecular Hbond substituents is 1. The van der Waals surface area contributed by atoms with Crippen molar-refractivity contribution >= 4 is 28.9 Å². The van der Waals surface area contributed by atoms with Crippen LogP contribution < -0.4 is 0 Å². The standard InChI is InChI=1S/C33H44O7/c1-8-10-11-12-13-20-14-19(9-2)26(35)23-21(20)15-31(6)16-32(7)24(17(3)4)27(36)22(18(5)34)29(38)33(32,40)30(39)25(31)28(23)37/h14,17,22,24-25,35,40H,8-13,15-16H2,1-7H3/t22?,24?,25?,31-,32-,33+/m1/s1. The van der Waals surface area contributed by atoms with E-state index in [1.807, 2.05) is 19.9 Å². The summed E-state index contributed by atoms with van der Waals surface area (Å²) in [7, 11) is 0. The van der Waals surface area contributed by atoms with Gasteiger partial charge in [0, 0.05) is 11.3 Å². The number of ketones is 5. The third-order valence-corrected chi connectivity index (χ3v) is 10.2. The smallest absolute Gasteiger partial charge is 0.190 e. The van der Waals surface area contributed by atoms with Gasteiger partial charge in [-0.25, -0.2) is 0 Å². The van der Waals surface area contributed by atoms with Gasteiger partial charge in [-0.15, -0.1) is 0 Å². The van der Waals surface area contributed by atoms with Crippen LogP contribution >= 0.6 is 0 Å². The van der Waals surface area contributed by atoms with Crippen LogP contribution in [-0.2, 0) is 38.4 Å². The van der Waals surface area contributed by atoms with E-state index in [4.69, 9.17) is 0 Å². The number of aromatic hydroxyl groups is 1. The molecule has 0 radical (unpaired) electrons. The first kappa shape index (κ1) is 30.3. The van der Waals surface area contributed by atoms with Crippen LogP contribution in [0, 0.1) is 34.5 Å². The number of unbranched alkanes of at least 4 members (excludes halogenated alkanes) is 3. The molecule has 40 heavy (non-hydrogen) atoms. The van der Waals surface area contributed by atoms with Gasteiger partial charge < -0.3 is 10.2 Å². The Morgan fingerprint density at radius 2 is 1.68 bits per heavy atom. The molecule has 0 spiro atoms. The van der Waals surface area contributed by atoms with Crippen LogP contribution in [0.25, 0.3) is 0 Å². The van der Waals surface area contributed by atoms with Crippen molar-refractivity contribution in [3.8, 4) is 5.75 Å². The van der Waals surface area contributed by atoms with E-state index < -0.39 is 63.1 Å². The second kappa shape index (κ2) is 10.3. The maximum Gasteiger partial charge on any atom is 0.190 e. The molecule has 1 aromatic carbocycles. The maximum absolute atomic E-state index is 14.4. The Balaban J connectivity index is 1.92. The fraction of sp³-hybridized carbons (Fsp3) is 0.667. The zero-order chi connectivity index (χ0) is 29.9. The highest BCUT2D eigenvalue weighted by Gasteiger charge is 2.76. The van der Waals surface area contributed by atoms with Gasteiger partial charge in [-0.2, -0.15) is 0 Å². The van der Waals surface area contributed by atoms with Crippen molar-refractivity contribution in [3.05, 3.63) is 28.3 Å². The number of fused-ring (bicyclic) bond motifs is 3. The molecule has 7 heteroatoms.